The number of piperazine rings is 1. The number of rotatable bonds is 8. The minimum atomic E-state index is -3.10. The Kier molecular flexibility index (Phi) is 9.52. The lowest BCUT2D eigenvalue weighted by molar-refractivity contribution is -0.134. The normalized spacial score (nSPS) is 16.5. The third-order valence-corrected chi connectivity index (χ3v) is 5.42. The molecule has 1 aliphatic rings. The largest absolute Gasteiger partial charge is 0.494 e. The van der Waals surface area contributed by atoms with Crippen LogP contribution in [0.5, 0.6) is 5.75 Å². The van der Waals surface area contributed by atoms with Gasteiger partial charge in [0, 0.05) is 39.0 Å². The van der Waals surface area contributed by atoms with Crippen LogP contribution in [0.3, 0.4) is 0 Å². The standard InChI is InChI=1S/C18H29N3O4S.ClH/c1-3-25-16-6-4-15(5-7-16)14-20-9-11-21(12-10-20)18(22)17(19)8-13-26(2,23)24;/h4-7,17H,3,8-14,19H2,1-2H3;1H. The fraction of sp³-hybridized carbons (Fsp3) is 0.611. The summed E-state index contributed by atoms with van der Waals surface area (Å²) in [5.74, 6) is 0.654. The molecule has 0 spiro atoms. The van der Waals surface area contributed by atoms with Crippen molar-refractivity contribution in [2.45, 2.75) is 25.9 Å². The molecule has 7 nitrogen and oxygen atoms in total. The van der Waals surface area contributed by atoms with Gasteiger partial charge in [0.2, 0.25) is 5.91 Å². The summed E-state index contributed by atoms with van der Waals surface area (Å²) >= 11 is 0. The molecule has 0 bridgehead atoms. The molecule has 1 amide bonds. The number of sulfone groups is 1. The molecule has 154 valence electrons. The SMILES string of the molecule is CCOc1ccc(CN2CCN(C(=O)C(N)CCS(C)(=O)=O)CC2)cc1.Cl. The Morgan fingerprint density at radius 3 is 2.30 bits per heavy atom. The molecule has 1 fully saturated rings. The van der Waals surface area contributed by atoms with Crippen molar-refractivity contribution in [3.63, 3.8) is 0 Å². The van der Waals surface area contributed by atoms with Crippen molar-refractivity contribution in [2.75, 3.05) is 44.8 Å². The van der Waals surface area contributed by atoms with Crippen molar-refractivity contribution in [3.05, 3.63) is 29.8 Å². The Hall–Kier alpha value is -1.35. The number of amides is 1. The maximum Gasteiger partial charge on any atom is 0.239 e. The third-order valence-electron chi connectivity index (χ3n) is 4.44. The highest BCUT2D eigenvalue weighted by molar-refractivity contribution is 7.90. The molecule has 1 atom stereocenters. The molecule has 0 saturated carbocycles. The van der Waals surface area contributed by atoms with Gasteiger partial charge >= 0.3 is 0 Å². The van der Waals surface area contributed by atoms with Gasteiger partial charge in [-0.3, -0.25) is 9.69 Å². The van der Waals surface area contributed by atoms with E-state index < -0.39 is 15.9 Å². The lowest BCUT2D eigenvalue weighted by Crippen LogP contribution is -2.53. The number of carbonyl (C=O) groups is 1. The number of nitrogens with zero attached hydrogens (tertiary/aromatic N) is 2. The summed E-state index contributed by atoms with van der Waals surface area (Å²) in [7, 11) is -3.10. The van der Waals surface area contributed by atoms with Gasteiger partial charge < -0.3 is 15.4 Å². The van der Waals surface area contributed by atoms with E-state index in [2.05, 4.69) is 17.0 Å². The van der Waals surface area contributed by atoms with Crippen molar-refractivity contribution in [1.82, 2.24) is 9.80 Å². The molecule has 1 aromatic carbocycles. The summed E-state index contributed by atoms with van der Waals surface area (Å²) < 4.78 is 27.9. The summed E-state index contributed by atoms with van der Waals surface area (Å²) in [5.41, 5.74) is 7.08. The van der Waals surface area contributed by atoms with Gasteiger partial charge in [-0.1, -0.05) is 12.1 Å². The van der Waals surface area contributed by atoms with Gasteiger partial charge in [-0.15, -0.1) is 12.4 Å². The second-order valence-corrected chi connectivity index (χ2v) is 8.96. The predicted molar refractivity (Wildman–Crippen MR) is 109 cm³/mol. The Bertz CT molecular complexity index is 689. The molecule has 0 aromatic heterocycles. The number of carbonyl (C=O) groups excluding carboxylic acids is 1. The fourth-order valence-electron chi connectivity index (χ4n) is 2.94. The first-order valence-corrected chi connectivity index (χ1v) is 11.0. The summed E-state index contributed by atoms with van der Waals surface area (Å²) in [6.07, 6.45) is 1.33. The zero-order valence-electron chi connectivity index (χ0n) is 16.0. The van der Waals surface area contributed by atoms with Crippen LogP contribution in [-0.4, -0.2) is 75.0 Å². The van der Waals surface area contributed by atoms with E-state index in [-0.39, 0.29) is 30.5 Å². The molecule has 1 aromatic rings. The van der Waals surface area contributed by atoms with E-state index >= 15 is 0 Å². The lowest BCUT2D eigenvalue weighted by Gasteiger charge is -2.36. The topological polar surface area (TPSA) is 92.9 Å². The van der Waals surface area contributed by atoms with E-state index in [4.69, 9.17) is 10.5 Å². The molecule has 9 heteroatoms. The van der Waals surface area contributed by atoms with Crippen molar-refractivity contribution in [3.8, 4) is 5.75 Å². The molecule has 0 aliphatic carbocycles. The Balaban J connectivity index is 0.00000364. The highest BCUT2D eigenvalue weighted by atomic mass is 35.5. The predicted octanol–water partition coefficient (Wildman–Crippen LogP) is 0.913. The van der Waals surface area contributed by atoms with Gasteiger partial charge in [0.15, 0.2) is 0 Å². The van der Waals surface area contributed by atoms with Crippen molar-refractivity contribution < 1.29 is 17.9 Å². The molecular formula is C18H30ClN3O4S. The van der Waals surface area contributed by atoms with Crippen LogP contribution >= 0.6 is 12.4 Å². The van der Waals surface area contributed by atoms with Crippen LogP contribution in [0.1, 0.15) is 18.9 Å². The number of nitrogens with two attached hydrogens (primary N) is 1. The number of halogens is 1. The first-order chi connectivity index (χ1) is 12.3. The molecule has 2 rings (SSSR count). The summed E-state index contributed by atoms with van der Waals surface area (Å²) in [4.78, 5) is 16.4. The average Bonchev–Trinajstić information content (AvgIpc) is 2.61. The maximum absolute atomic E-state index is 12.4. The Morgan fingerprint density at radius 2 is 1.78 bits per heavy atom. The second-order valence-electron chi connectivity index (χ2n) is 6.70. The molecule has 1 unspecified atom stereocenters. The van der Waals surface area contributed by atoms with Crippen molar-refractivity contribution in [2.24, 2.45) is 5.73 Å². The summed E-state index contributed by atoms with van der Waals surface area (Å²) in [6, 6.07) is 7.31. The van der Waals surface area contributed by atoms with E-state index in [9.17, 15) is 13.2 Å². The molecular weight excluding hydrogens is 390 g/mol. The number of hydrogen-bond donors (Lipinski definition) is 1. The number of hydrogen-bond acceptors (Lipinski definition) is 6. The van der Waals surface area contributed by atoms with E-state index in [1.54, 1.807) is 4.90 Å². The molecule has 27 heavy (non-hydrogen) atoms. The minimum absolute atomic E-state index is 0. The smallest absolute Gasteiger partial charge is 0.239 e. The monoisotopic (exact) mass is 419 g/mol. The Morgan fingerprint density at radius 1 is 1.19 bits per heavy atom. The van der Waals surface area contributed by atoms with Crippen LogP contribution in [0.4, 0.5) is 0 Å². The highest BCUT2D eigenvalue weighted by Gasteiger charge is 2.25. The number of ether oxygens (including phenoxy) is 1. The zero-order chi connectivity index (χ0) is 19.2. The average molecular weight is 420 g/mol. The first kappa shape index (κ1) is 23.7. The molecule has 2 N–H and O–H groups in total. The van der Waals surface area contributed by atoms with Crippen LogP contribution in [0, 0.1) is 0 Å². The molecule has 1 heterocycles. The van der Waals surface area contributed by atoms with Gasteiger partial charge in [0.1, 0.15) is 15.6 Å². The first-order valence-electron chi connectivity index (χ1n) is 8.94. The van der Waals surface area contributed by atoms with E-state index in [0.29, 0.717) is 19.7 Å². The van der Waals surface area contributed by atoms with Gasteiger partial charge in [-0.2, -0.15) is 0 Å². The van der Waals surface area contributed by atoms with Gasteiger partial charge in [-0.05, 0) is 31.0 Å². The third kappa shape index (κ3) is 8.04. The van der Waals surface area contributed by atoms with E-state index in [0.717, 1.165) is 31.6 Å². The fourth-order valence-corrected chi connectivity index (χ4v) is 3.62. The molecule has 0 radical (unpaired) electrons. The van der Waals surface area contributed by atoms with Crippen LogP contribution < -0.4 is 10.5 Å². The molecule has 1 saturated heterocycles. The van der Waals surface area contributed by atoms with Crippen LogP contribution in [0.15, 0.2) is 24.3 Å². The second kappa shape index (κ2) is 10.8. The van der Waals surface area contributed by atoms with E-state index in [1.165, 1.54) is 5.56 Å². The quantitative estimate of drug-likeness (QED) is 0.673. The Labute approximate surface area is 168 Å². The van der Waals surface area contributed by atoms with Crippen molar-refractivity contribution >= 4 is 28.2 Å². The minimum Gasteiger partial charge on any atom is -0.494 e. The van der Waals surface area contributed by atoms with Crippen molar-refractivity contribution in [1.29, 1.82) is 0 Å². The zero-order valence-corrected chi connectivity index (χ0v) is 17.6. The molecule has 1 aliphatic heterocycles. The van der Waals surface area contributed by atoms with Gasteiger partial charge in [-0.25, -0.2) is 8.42 Å². The van der Waals surface area contributed by atoms with E-state index in [1.807, 2.05) is 19.1 Å². The van der Waals surface area contributed by atoms with Crippen LogP contribution in [0.2, 0.25) is 0 Å². The van der Waals surface area contributed by atoms with Crippen LogP contribution in [-0.2, 0) is 21.2 Å². The van der Waals surface area contributed by atoms with Crippen LogP contribution in [0.25, 0.3) is 0 Å². The van der Waals surface area contributed by atoms with Gasteiger partial charge in [0.05, 0.1) is 18.4 Å². The summed E-state index contributed by atoms with van der Waals surface area (Å²) in [6.45, 7) is 6.22. The summed E-state index contributed by atoms with van der Waals surface area (Å²) in [5, 5.41) is 0. The highest BCUT2D eigenvalue weighted by Crippen LogP contribution is 2.15. The lowest BCUT2D eigenvalue weighted by atomic mass is 10.1. The maximum atomic E-state index is 12.4. The van der Waals surface area contributed by atoms with Gasteiger partial charge in [0.25, 0.3) is 0 Å². The number of benzene rings is 1.